The molecule has 0 heterocycles. The van der Waals surface area contributed by atoms with Gasteiger partial charge in [0, 0.05) is 35.4 Å². The van der Waals surface area contributed by atoms with Crippen molar-refractivity contribution in [3.8, 4) is 0 Å². The molecule has 0 aliphatic heterocycles. The zero-order chi connectivity index (χ0) is 21.4. The Hall–Kier alpha value is -3.86. The summed E-state index contributed by atoms with van der Waals surface area (Å²) in [6, 6.07) is 11.1. The van der Waals surface area contributed by atoms with Crippen molar-refractivity contribution in [2.75, 3.05) is 5.32 Å². The van der Waals surface area contributed by atoms with Crippen LogP contribution < -0.4 is 21.5 Å². The zero-order valence-corrected chi connectivity index (χ0v) is 16.0. The molecular weight excluding hydrogens is 398 g/mol. The van der Waals surface area contributed by atoms with E-state index < -0.39 is 16.7 Å². The number of amides is 3. The van der Waals surface area contributed by atoms with Gasteiger partial charge in [0.05, 0.1) is 4.92 Å². The second kappa shape index (κ2) is 9.90. The second-order valence-electron chi connectivity index (χ2n) is 5.65. The Bertz CT molecular complexity index is 944. The van der Waals surface area contributed by atoms with E-state index in [4.69, 9.17) is 12.2 Å². The van der Waals surface area contributed by atoms with Crippen LogP contribution in [0.2, 0.25) is 0 Å². The van der Waals surface area contributed by atoms with Gasteiger partial charge < -0.3 is 5.32 Å². The van der Waals surface area contributed by atoms with E-state index >= 15 is 0 Å². The van der Waals surface area contributed by atoms with Crippen LogP contribution in [0.1, 0.15) is 34.1 Å². The van der Waals surface area contributed by atoms with Crippen LogP contribution in [0, 0.1) is 10.1 Å². The first kappa shape index (κ1) is 21.4. The number of nitro benzene ring substituents is 1. The highest BCUT2D eigenvalue weighted by Gasteiger charge is 2.12. The molecule has 0 spiro atoms. The van der Waals surface area contributed by atoms with E-state index in [1.165, 1.54) is 36.4 Å². The van der Waals surface area contributed by atoms with Crippen LogP contribution in [0.4, 0.5) is 11.4 Å². The molecule has 2 rings (SSSR count). The van der Waals surface area contributed by atoms with Crippen molar-refractivity contribution in [3.63, 3.8) is 0 Å². The summed E-state index contributed by atoms with van der Waals surface area (Å²) in [4.78, 5) is 45.5. The van der Waals surface area contributed by atoms with Gasteiger partial charge in [-0.3, -0.25) is 40.7 Å². The van der Waals surface area contributed by atoms with Crippen LogP contribution in [0.25, 0.3) is 0 Å². The number of hydrogen-bond acceptors (Lipinski definition) is 6. The zero-order valence-electron chi connectivity index (χ0n) is 15.2. The molecule has 0 unspecified atom stereocenters. The average molecular weight is 415 g/mol. The van der Waals surface area contributed by atoms with Crippen molar-refractivity contribution < 1.29 is 19.3 Å². The van der Waals surface area contributed by atoms with Gasteiger partial charge in [-0.2, -0.15) is 0 Å². The third-order valence-corrected chi connectivity index (χ3v) is 3.81. The predicted octanol–water partition coefficient (Wildman–Crippen LogP) is 1.89. The van der Waals surface area contributed by atoms with Gasteiger partial charge in [0.1, 0.15) is 0 Å². The van der Waals surface area contributed by atoms with Crippen molar-refractivity contribution in [2.45, 2.75) is 13.3 Å². The fourth-order valence-electron chi connectivity index (χ4n) is 2.08. The smallest absolute Gasteiger partial charge is 0.269 e. The second-order valence-corrected chi connectivity index (χ2v) is 6.05. The Balaban J connectivity index is 1.84. The number of nitro groups is 1. The van der Waals surface area contributed by atoms with Gasteiger partial charge in [-0.25, -0.2) is 0 Å². The Labute approximate surface area is 170 Å². The van der Waals surface area contributed by atoms with E-state index in [0.29, 0.717) is 17.7 Å². The summed E-state index contributed by atoms with van der Waals surface area (Å²) in [6.45, 7) is 1.73. The maximum absolute atomic E-state index is 12.1. The monoisotopic (exact) mass is 415 g/mol. The van der Waals surface area contributed by atoms with Gasteiger partial charge >= 0.3 is 0 Å². The number of anilines is 1. The van der Waals surface area contributed by atoms with Crippen LogP contribution in [0.15, 0.2) is 48.5 Å². The number of hydrazine groups is 1. The van der Waals surface area contributed by atoms with Crippen molar-refractivity contribution in [2.24, 2.45) is 0 Å². The van der Waals surface area contributed by atoms with Crippen LogP contribution in [0.5, 0.6) is 0 Å². The fraction of sp³-hybridized carbons (Fsp3) is 0.111. The Morgan fingerprint density at radius 1 is 0.931 bits per heavy atom. The van der Waals surface area contributed by atoms with Crippen molar-refractivity contribution in [1.82, 2.24) is 16.2 Å². The summed E-state index contributed by atoms with van der Waals surface area (Å²) in [6.07, 6.45) is 0.342. The molecule has 0 aromatic heterocycles. The molecule has 2 aromatic rings. The van der Waals surface area contributed by atoms with Gasteiger partial charge in [-0.05, 0) is 48.6 Å². The number of hydrogen-bond donors (Lipinski definition) is 4. The summed E-state index contributed by atoms with van der Waals surface area (Å²) < 4.78 is 0. The third kappa shape index (κ3) is 6.36. The third-order valence-electron chi connectivity index (χ3n) is 3.61. The first-order valence-electron chi connectivity index (χ1n) is 8.36. The molecule has 11 heteroatoms. The SMILES string of the molecule is CCC(=O)Nc1ccc(C(=O)NNC(=S)NC(=O)c2ccc([N+](=O)[O-])cc2)cc1. The number of nitrogens with zero attached hydrogens (tertiary/aromatic N) is 1. The Kier molecular flexibility index (Phi) is 7.32. The molecule has 0 atom stereocenters. The molecule has 0 saturated carbocycles. The lowest BCUT2D eigenvalue weighted by Crippen LogP contribution is -2.48. The maximum Gasteiger partial charge on any atom is 0.269 e. The number of benzene rings is 2. The summed E-state index contributed by atoms with van der Waals surface area (Å²) in [5.41, 5.74) is 5.60. The molecule has 3 amide bonds. The van der Waals surface area contributed by atoms with Crippen LogP contribution >= 0.6 is 12.2 Å². The van der Waals surface area contributed by atoms with E-state index in [-0.39, 0.29) is 22.3 Å². The quantitative estimate of drug-likeness (QED) is 0.332. The Morgan fingerprint density at radius 2 is 1.48 bits per heavy atom. The summed E-state index contributed by atoms with van der Waals surface area (Å²) >= 11 is 4.93. The highest BCUT2D eigenvalue weighted by Crippen LogP contribution is 2.12. The molecule has 0 saturated heterocycles. The van der Waals surface area contributed by atoms with E-state index in [1.807, 2.05) is 0 Å². The molecule has 0 aliphatic carbocycles. The molecule has 0 fully saturated rings. The van der Waals surface area contributed by atoms with Gasteiger partial charge in [-0.15, -0.1) is 0 Å². The highest BCUT2D eigenvalue weighted by atomic mass is 32.1. The summed E-state index contributed by atoms with van der Waals surface area (Å²) in [7, 11) is 0. The fourth-order valence-corrected chi connectivity index (χ4v) is 2.22. The van der Waals surface area contributed by atoms with E-state index in [9.17, 15) is 24.5 Å². The minimum absolute atomic E-state index is 0.141. The molecule has 29 heavy (non-hydrogen) atoms. The molecule has 0 bridgehead atoms. The summed E-state index contributed by atoms with van der Waals surface area (Å²) in [5.74, 6) is -1.24. The maximum atomic E-state index is 12.1. The first-order valence-corrected chi connectivity index (χ1v) is 8.77. The van der Waals surface area contributed by atoms with E-state index in [0.717, 1.165) is 0 Å². The number of rotatable bonds is 5. The van der Waals surface area contributed by atoms with E-state index in [2.05, 4.69) is 21.5 Å². The first-order chi connectivity index (χ1) is 13.8. The molecule has 2 aromatic carbocycles. The topological polar surface area (TPSA) is 142 Å². The minimum atomic E-state index is -0.595. The highest BCUT2D eigenvalue weighted by molar-refractivity contribution is 7.80. The number of thiocarbonyl (C=S) groups is 1. The lowest BCUT2D eigenvalue weighted by molar-refractivity contribution is -0.384. The lowest BCUT2D eigenvalue weighted by Gasteiger charge is -2.11. The molecule has 4 N–H and O–H groups in total. The number of carbonyl (C=O) groups excluding carboxylic acids is 3. The summed E-state index contributed by atoms with van der Waals surface area (Å²) in [5, 5.41) is 15.5. The normalized spacial score (nSPS) is 9.83. The van der Waals surface area contributed by atoms with Crippen molar-refractivity contribution in [3.05, 3.63) is 69.8 Å². The minimum Gasteiger partial charge on any atom is -0.326 e. The van der Waals surface area contributed by atoms with Crippen LogP contribution in [0.3, 0.4) is 0 Å². The molecule has 0 aliphatic rings. The van der Waals surface area contributed by atoms with E-state index in [1.54, 1.807) is 19.1 Å². The number of nitrogens with one attached hydrogen (secondary N) is 4. The average Bonchev–Trinajstić information content (AvgIpc) is 2.72. The van der Waals surface area contributed by atoms with Gasteiger partial charge in [0.2, 0.25) is 5.91 Å². The largest absolute Gasteiger partial charge is 0.326 e. The van der Waals surface area contributed by atoms with Gasteiger partial charge in [0.25, 0.3) is 17.5 Å². The number of carbonyl (C=O) groups is 3. The van der Waals surface area contributed by atoms with Gasteiger partial charge in [0.15, 0.2) is 5.11 Å². The predicted molar refractivity (Wildman–Crippen MR) is 109 cm³/mol. The van der Waals surface area contributed by atoms with Crippen LogP contribution in [-0.4, -0.2) is 27.8 Å². The molecule has 150 valence electrons. The van der Waals surface area contributed by atoms with Crippen molar-refractivity contribution in [1.29, 1.82) is 0 Å². The molecule has 10 nitrogen and oxygen atoms in total. The standard InChI is InChI=1S/C18H17N5O5S/c1-2-15(24)19-13-7-3-12(4-8-13)17(26)21-22-18(29)20-16(25)11-5-9-14(10-6-11)23(27)28/h3-10H,2H2,1H3,(H,19,24)(H,21,26)(H2,20,22,25,29). The Morgan fingerprint density at radius 3 is 2.03 bits per heavy atom. The molecular formula is C18H17N5O5S. The van der Waals surface area contributed by atoms with Crippen molar-refractivity contribution >= 4 is 46.4 Å². The number of non-ortho nitro benzene ring substituents is 1. The molecule has 0 radical (unpaired) electrons. The van der Waals surface area contributed by atoms with Gasteiger partial charge in [-0.1, -0.05) is 6.92 Å². The lowest BCUT2D eigenvalue weighted by atomic mass is 10.2. The van der Waals surface area contributed by atoms with Crippen LogP contribution in [-0.2, 0) is 4.79 Å².